The van der Waals surface area contributed by atoms with E-state index in [1.807, 2.05) is 13.8 Å². The van der Waals surface area contributed by atoms with Gasteiger partial charge in [0.1, 0.15) is 0 Å². The molecule has 5 nitrogen and oxygen atoms in total. The molecular weight excluding hydrogens is 259 g/mol. The smallest absolute Gasteiger partial charge is 0.324 e. The highest BCUT2D eigenvalue weighted by Gasteiger charge is 2.25. The first-order valence-corrected chi connectivity index (χ1v) is 8.72. The fraction of sp³-hybridized carbons (Fsp3) is 0.900. The molecule has 0 rings (SSSR count). The summed E-state index contributed by atoms with van der Waals surface area (Å²) in [5.41, 5.74) is 0. The fourth-order valence-electron chi connectivity index (χ4n) is 1.55. The zero-order valence-electron chi connectivity index (χ0n) is 10.8. The van der Waals surface area contributed by atoms with Gasteiger partial charge >= 0.3 is 6.72 Å². The van der Waals surface area contributed by atoms with E-state index in [0.717, 1.165) is 12.8 Å². The number of carbonyl (C=O) groups is 1. The van der Waals surface area contributed by atoms with E-state index in [-0.39, 0.29) is 12.5 Å². The van der Waals surface area contributed by atoms with Crippen molar-refractivity contribution in [1.29, 1.82) is 0 Å². The Hall–Kier alpha value is -0.0300. The average Bonchev–Trinajstić information content (AvgIpc) is 2.23. The van der Waals surface area contributed by atoms with Crippen molar-refractivity contribution in [2.75, 3.05) is 26.2 Å². The second kappa shape index (κ2) is 8.14. The van der Waals surface area contributed by atoms with Crippen molar-refractivity contribution in [2.45, 2.75) is 33.6 Å². The second-order valence-corrected chi connectivity index (χ2v) is 7.03. The van der Waals surface area contributed by atoms with Crippen LogP contribution in [0.15, 0.2) is 0 Å². The van der Waals surface area contributed by atoms with Gasteiger partial charge in [-0.1, -0.05) is 33.0 Å². The molecule has 0 aromatic rings. The lowest BCUT2D eigenvalue weighted by molar-refractivity contribution is -0.131. The predicted molar refractivity (Wildman–Crippen MR) is 73.2 cm³/mol. The van der Waals surface area contributed by atoms with Gasteiger partial charge in [-0.05, 0) is 12.8 Å². The van der Waals surface area contributed by atoms with Gasteiger partial charge in [0.15, 0.2) is 0 Å². The zero-order valence-corrected chi connectivity index (χ0v) is 12.6. The van der Waals surface area contributed by atoms with Crippen LogP contribution < -0.4 is 0 Å². The molecule has 0 radical (unpaired) electrons. The minimum atomic E-state index is -3.63. The summed E-state index contributed by atoms with van der Waals surface area (Å²) >= 11 is 3.64. The molecule has 0 aromatic heterocycles. The number of nitrogens with zero attached hydrogens (tertiary/aromatic N) is 2. The van der Waals surface area contributed by atoms with Crippen LogP contribution in [-0.2, 0) is 9.36 Å². The van der Waals surface area contributed by atoms with Crippen LogP contribution in [0.25, 0.3) is 0 Å². The first-order valence-electron chi connectivity index (χ1n) is 5.95. The number of likely N-dealkylation sites (N-methyl/N-ethyl adjacent to an activating group) is 1. The molecule has 1 amide bonds. The molecule has 0 heterocycles. The molecule has 0 aromatic carbocycles. The molecule has 0 bridgehead atoms. The Morgan fingerprint density at radius 3 is 2.00 bits per heavy atom. The van der Waals surface area contributed by atoms with Crippen LogP contribution >= 0.6 is 19.0 Å². The van der Waals surface area contributed by atoms with Crippen LogP contribution in [0.4, 0.5) is 0 Å². The van der Waals surface area contributed by atoms with E-state index in [4.69, 9.17) is 0 Å². The van der Waals surface area contributed by atoms with Gasteiger partial charge in [0.2, 0.25) is 5.91 Å². The predicted octanol–water partition coefficient (Wildman–Crippen LogP) is 1.99. The van der Waals surface area contributed by atoms with Crippen molar-refractivity contribution < 1.29 is 14.3 Å². The van der Waals surface area contributed by atoms with Crippen LogP contribution in [-0.4, -0.2) is 46.5 Å². The minimum absolute atomic E-state index is 0.0478. The van der Waals surface area contributed by atoms with Crippen LogP contribution in [0.2, 0.25) is 0 Å². The van der Waals surface area contributed by atoms with Crippen LogP contribution in [0.5, 0.6) is 0 Å². The van der Waals surface area contributed by atoms with Crippen LogP contribution in [0, 0.1) is 0 Å². The van der Waals surface area contributed by atoms with Gasteiger partial charge < -0.3 is 9.79 Å². The lowest BCUT2D eigenvalue weighted by Crippen LogP contribution is -2.39. The summed E-state index contributed by atoms with van der Waals surface area (Å²) in [5, 5.41) is 0. The quantitative estimate of drug-likeness (QED) is 0.528. The summed E-state index contributed by atoms with van der Waals surface area (Å²) in [7, 11) is 0. The van der Waals surface area contributed by atoms with E-state index in [0.29, 0.717) is 19.6 Å². The second-order valence-electron chi connectivity index (χ2n) is 3.87. The SMILES string of the molecule is CCCN(CCC)C(=O)CN(CC)P(=O)(O)S. The third kappa shape index (κ3) is 6.46. The largest absolute Gasteiger partial charge is 0.342 e. The molecule has 1 N–H and O–H groups in total. The van der Waals surface area contributed by atoms with Gasteiger partial charge in [0.25, 0.3) is 0 Å². The van der Waals surface area contributed by atoms with Crippen molar-refractivity contribution in [2.24, 2.45) is 0 Å². The summed E-state index contributed by atoms with van der Waals surface area (Å²) in [6.45, 7) is 3.77. The highest BCUT2D eigenvalue weighted by Crippen LogP contribution is 2.49. The van der Waals surface area contributed by atoms with E-state index >= 15 is 0 Å². The number of thiol groups is 1. The normalized spacial score (nSPS) is 14.7. The number of amides is 1. The monoisotopic (exact) mass is 282 g/mol. The molecule has 0 aliphatic rings. The lowest BCUT2D eigenvalue weighted by atomic mass is 10.3. The molecule has 102 valence electrons. The van der Waals surface area contributed by atoms with Crippen molar-refractivity contribution in [3.05, 3.63) is 0 Å². The van der Waals surface area contributed by atoms with E-state index in [1.54, 1.807) is 11.8 Å². The third-order valence-electron chi connectivity index (χ3n) is 2.39. The molecule has 0 aliphatic heterocycles. The molecule has 0 fully saturated rings. The third-order valence-corrected chi connectivity index (χ3v) is 4.31. The zero-order chi connectivity index (χ0) is 13.5. The van der Waals surface area contributed by atoms with Gasteiger partial charge in [-0.2, -0.15) is 0 Å². The van der Waals surface area contributed by atoms with Crippen molar-refractivity contribution >= 4 is 24.9 Å². The van der Waals surface area contributed by atoms with Gasteiger partial charge in [-0.25, -0.2) is 4.67 Å². The maximum atomic E-state index is 12.0. The molecule has 17 heavy (non-hydrogen) atoms. The summed E-state index contributed by atoms with van der Waals surface area (Å²) in [5.74, 6) is -0.112. The molecule has 0 saturated heterocycles. The summed E-state index contributed by atoms with van der Waals surface area (Å²) in [4.78, 5) is 23.0. The Balaban J connectivity index is 4.51. The Morgan fingerprint density at radius 1 is 1.24 bits per heavy atom. The minimum Gasteiger partial charge on any atom is -0.342 e. The Labute approximate surface area is 109 Å². The fourth-order valence-corrected chi connectivity index (χ4v) is 2.79. The summed E-state index contributed by atoms with van der Waals surface area (Å²) in [6, 6.07) is 0. The van der Waals surface area contributed by atoms with E-state index in [2.05, 4.69) is 12.2 Å². The van der Waals surface area contributed by atoms with Gasteiger partial charge in [-0.3, -0.25) is 9.36 Å². The Bertz CT molecular complexity index is 277. The van der Waals surface area contributed by atoms with E-state index in [1.165, 1.54) is 4.67 Å². The molecule has 1 atom stereocenters. The average molecular weight is 282 g/mol. The number of carbonyl (C=O) groups excluding carboxylic acids is 1. The number of rotatable bonds is 8. The van der Waals surface area contributed by atoms with Crippen molar-refractivity contribution in [1.82, 2.24) is 9.57 Å². The topological polar surface area (TPSA) is 60.9 Å². The Kier molecular flexibility index (Phi) is 8.12. The summed E-state index contributed by atoms with van der Waals surface area (Å²) < 4.78 is 12.6. The molecule has 0 spiro atoms. The van der Waals surface area contributed by atoms with E-state index in [9.17, 15) is 14.3 Å². The van der Waals surface area contributed by atoms with Gasteiger partial charge in [-0.15, -0.1) is 0 Å². The van der Waals surface area contributed by atoms with Gasteiger partial charge in [0, 0.05) is 19.6 Å². The lowest BCUT2D eigenvalue weighted by Gasteiger charge is -2.27. The highest BCUT2D eigenvalue weighted by molar-refractivity contribution is 8.45. The summed E-state index contributed by atoms with van der Waals surface area (Å²) in [6.07, 6.45) is 1.77. The first kappa shape index (κ1) is 17.0. The molecule has 7 heteroatoms. The molecule has 0 saturated carbocycles. The molecule has 1 unspecified atom stereocenters. The standard InChI is InChI=1S/C10H23N2O3PS/c1-4-7-11(8-5-2)10(13)9-12(6-3)16(14,15)17/h4-9H2,1-3H3,(H2,14,15,17). The number of hydrogen-bond acceptors (Lipinski definition) is 2. The molecular formula is C10H23N2O3PS. The highest BCUT2D eigenvalue weighted by atomic mass is 32.7. The van der Waals surface area contributed by atoms with Crippen molar-refractivity contribution in [3.8, 4) is 0 Å². The van der Waals surface area contributed by atoms with Crippen molar-refractivity contribution in [3.63, 3.8) is 0 Å². The number of hydrogen-bond donors (Lipinski definition) is 2. The first-order chi connectivity index (χ1) is 7.86. The van der Waals surface area contributed by atoms with E-state index < -0.39 is 6.72 Å². The van der Waals surface area contributed by atoms with Crippen LogP contribution in [0.1, 0.15) is 33.6 Å². The molecule has 0 aliphatic carbocycles. The van der Waals surface area contributed by atoms with Gasteiger partial charge in [0.05, 0.1) is 6.54 Å². The maximum absolute atomic E-state index is 12.0. The Morgan fingerprint density at radius 2 is 1.71 bits per heavy atom. The maximum Gasteiger partial charge on any atom is 0.324 e. The van der Waals surface area contributed by atoms with Crippen LogP contribution in [0.3, 0.4) is 0 Å².